The maximum atomic E-state index is 13.4. The molecule has 0 fully saturated rings. The van der Waals surface area contributed by atoms with Crippen molar-refractivity contribution in [2.24, 2.45) is 4.99 Å². The van der Waals surface area contributed by atoms with Crippen LogP contribution in [0.4, 0.5) is 26.3 Å². The molecule has 1 amide bonds. The lowest BCUT2D eigenvalue weighted by atomic mass is 10.1. The van der Waals surface area contributed by atoms with Gasteiger partial charge >= 0.3 is 18.3 Å². The standard InChI is InChI=1S/C19H12F6N2O3S/c1-9(16(29)30)27-13-7-3-6-12(19(23,24)25)14(13)31-17(27)26-15(28)10-4-2-5-11(8-10)18(20,21)22/h2-9H,1H3,(H,29,30)/b26-17-. The highest BCUT2D eigenvalue weighted by atomic mass is 32.1. The number of benzene rings is 2. The molecule has 1 N–H and O–H groups in total. The molecule has 1 atom stereocenters. The Morgan fingerprint density at radius 2 is 1.68 bits per heavy atom. The predicted molar refractivity (Wildman–Crippen MR) is 98.5 cm³/mol. The van der Waals surface area contributed by atoms with Gasteiger partial charge in [0.25, 0.3) is 5.91 Å². The highest BCUT2D eigenvalue weighted by Crippen LogP contribution is 2.36. The summed E-state index contributed by atoms with van der Waals surface area (Å²) in [7, 11) is 0. The van der Waals surface area contributed by atoms with Crippen molar-refractivity contribution in [3.05, 3.63) is 64.0 Å². The Hall–Kier alpha value is -3.15. The largest absolute Gasteiger partial charge is 0.480 e. The number of carboxylic acids is 1. The van der Waals surface area contributed by atoms with Gasteiger partial charge in [0.1, 0.15) is 6.04 Å². The van der Waals surface area contributed by atoms with Crippen LogP contribution in [0.25, 0.3) is 10.2 Å². The van der Waals surface area contributed by atoms with Gasteiger partial charge in [0, 0.05) is 5.56 Å². The molecule has 0 aliphatic heterocycles. The van der Waals surface area contributed by atoms with Crippen molar-refractivity contribution < 1.29 is 41.0 Å². The molecule has 2 aromatic carbocycles. The SMILES string of the molecule is CC(C(=O)O)n1/c(=N/C(=O)c2cccc(C(F)(F)F)c2)sc2c(C(F)(F)F)cccc21. The number of aliphatic carboxylic acids is 1. The van der Waals surface area contributed by atoms with Crippen LogP contribution < -0.4 is 4.80 Å². The van der Waals surface area contributed by atoms with E-state index in [1.165, 1.54) is 13.0 Å². The van der Waals surface area contributed by atoms with Crippen LogP contribution in [0.15, 0.2) is 47.5 Å². The molecule has 0 bridgehead atoms. The van der Waals surface area contributed by atoms with E-state index in [4.69, 9.17) is 0 Å². The molecule has 5 nitrogen and oxygen atoms in total. The van der Waals surface area contributed by atoms with Crippen molar-refractivity contribution in [2.45, 2.75) is 25.3 Å². The minimum atomic E-state index is -4.75. The first-order valence-corrected chi connectivity index (χ1v) is 9.32. The van der Waals surface area contributed by atoms with Gasteiger partial charge in [-0.3, -0.25) is 4.79 Å². The smallest absolute Gasteiger partial charge is 0.417 e. The summed E-state index contributed by atoms with van der Waals surface area (Å²) >= 11 is 0.426. The maximum absolute atomic E-state index is 13.4. The lowest BCUT2D eigenvalue weighted by molar-refractivity contribution is -0.140. The molecule has 0 saturated carbocycles. The first-order chi connectivity index (χ1) is 14.3. The van der Waals surface area contributed by atoms with Crippen molar-refractivity contribution in [3.63, 3.8) is 0 Å². The molecular weight excluding hydrogens is 450 g/mol. The van der Waals surface area contributed by atoms with Gasteiger partial charge in [0.05, 0.1) is 21.3 Å². The van der Waals surface area contributed by atoms with Crippen molar-refractivity contribution in [3.8, 4) is 0 Å². The zero-order chi connectivity index (χ0) is 23.1. The number of alkyl halides is 6. The first-order valence-electron chi connectivity index (χ1n) is 8.51. The van der Waals surface area contributed by atoms with E-state index in [0.717, 1.165) is 34.9 Å². The fraction of sp³-hybridized carbons (Fsp3) is 0.211. The zero-order valence-corrected chi connectivity index (χ0v) is 16.3. The average molecular weight is 462 g/mol. The molecule has 0 aliphatic rings. The molecule has 1 aromatic heterocycles. The van der Waals surface area contributed by atoms with Crippen LogP contribution in [0.3, 0.4) is 0 Å². The van der Waals surface area contributed by atoms with E-state index in [1.807, 2.05) is 0 Å². The van der Waals surface area contributed by atoms with Crippen LogP contribution >= 0.6 is 11.3 Å². The third kappa shape index (κ3) is 4.48. The molecule has 12 heteroatoms. The molecular formula is C19H12F6N2O3S. The second kappa shape index (κ2) is 7.84. The molecule has 0 saturated heterocycles. The summed E-state index contributed by atoms with van der Waals surface area (Å²) < 4.78 is 79.4. The summed E-state index contributed by atoms with van der Waals surface area (Å²) in [5, 5.41) is 9.35. The van der Waals surface area contributed by atoms with Gasteiger partial charge in [-0.05, 0) is 37.3 Å². The van der Waals surface area contributed by atoms with E-state index in [1.54, 1.807) is 0 Å². The first kappa shape index (κ1) is 22.5. The Kier molecular flexibility index (Phi) is 5.70. The number of amides is 1. The number of carbonyl (C=O) groups is 2. The fourth-order valence-corrected chi connectivity index (χ4v) is 4.06. The van der Waals surface area contributed by atoms with Crippen LogP contribution in [0.1, 0.15) is 34.5 Å². The molecule has 0 spiro atoms. The lowest BCUT2D eigenvalue weighted by Gasteiger charge is -2.11. The van der Waals surface area contributed by atoms with Crippen LogP contribution in [0, 0.1) is 0 Å². The highest BCUT2D eigenvalue weighted by Gasteiger charge is 2.34. The summed E-state index contributed by atoms with van der Waals surface area (Å²) in [5.41, 5.74) is -2.71. The molecule has 3 aromatic rings. The number of hydrogen-bond acceptors (Lipinski definition) is 3. The number of rotatable bonds is 3. The topological polar surface area (TPSA) is 71.7 Å². The van der Waals surface area contributed by atoms with Gasteiger partial charge in [0.2, 0.25) is 0 Å². The second-order valence-corrected chi connectivity index (χ2v) is 7.39. The van der Waals surface area contributed by atoms with E-state index < -0.39 is 47.0 Å². The van der Waals surface area contributed by atoms with Crippen LogP contribution in [-0.2, 0) is 17.1 Å². The van der Waals surface area contributed by atoms with Gasteiger partial charge in [-0.2, -0.15) is 31.3 Å². The summed E-state index contributed by atoms with van der Waals surface area (Å²) in [6.45, 7) is 1.18. The van der Waals surface area contributed by atoms with Crippen molar-refractivity contribution >= 4 is 33.4 Å². The van der Waals surface area contributed by atoms with E-state index in [-0.39, 0.29) is 15.0 Å². The summed E-state index contributed by atoms with van der Waals surface area (Å²) in [5.74, 6) is -2.55. The quantitative estimate of drug-likeness (QED) is 0.549. The number of fused-ring (bicyclic) bond motifs is 1. The number of thiazole rings is 1. The van der Waals surface area contributed by atoms with Crippen LogP contribution in [0.2, 0.25) is 0 Å². The number of carboxylic acid groups (broad SMARTS) is 1. The Labute approximate surface area is 173 Å². The molecule has 1 unspecified atom stereocenters. The molecule has 0 radical (unpaired) electrons. The van der Waals surface area contributed by atoms with Gasteiger partial charge in [-0.25, -0.2) is 4.79 Å². The summed E-state index contributed by atoms with van der Waals surface area (Å²) in [6.07, 6.45) is -9.47. The Morgan fingerprint density at radius 1 is 1.03 bits per heavy atom. The Morgan fingerprint density at radius 3 is 2.26 bits per heavy atom. The predicted octanol–water partition coefficient (Wildman–Crippen LogP) is 5.13. The molecule has 164 valence electrons. The van der Waals surface area contributed by atoms with Gasteiger partial charge < -0.3 is 9.67 Å². The van der Waals surface area contributed by atoms with Gasteiger partial charge in [0.15, 0.2) is 4.80 Å². The highest BCUT2D eigenvalue weighted by molar-refractivity contribution is 7.16. The Balaban J connectivity index is 2.26. The third-order valence-electron chi connectivity index (χ3n) is 4.34. The molecule has 31 heavy (non-hydrogen) atoms. The molecule has 1 heterocycles. The molecule has 3 rings (SSSR count). The monoisotopic (exact) mass is 462 g/mol. The van der Waals surface area contributed by atoms with Crippen LogP contribution in [-0.4, -0.2) is 21.6 Å². The average Bonchev–Trinajstić information content (AvgIpc) is 3.03. The Bertz CT molecular complexity index is 1240. The van der Waals surface area contributed by atoms with E-state index >= 15 is 0 Å². The number of aromatic nitrogens is 1. The van der Waals surface area contributed by atoms with Gasteiger partial charge in [-0.1, -0.05) is 23.5 Å². The minimum Gasteiger partial charge on any atom is -0.480 e. The maximum Gasteiger partial charge on any atom is 0.417 e. The zero-order valence-electron chi connectivity index (χ0n) is 15.5. The summed E-state index contributed by atoms with van der Waals surface area (Å²) in [4.78, 5) is 27.3. The molecule has 0 aliphatic carbocycles. The third-order valence-corrected chi connectivity index (χ3v) is 5.44. The fourth-order valence-electron chi connectivity index (χ4n) is 2.83. The normalized spacial score (nSPS) is 14.1. The number of halogens is 6. The van der Waals surface area contributed by atoms with Crippen molar-refractivity contribution in [1.82, 2.24) is 4.57 Å². The van der Waals surface area contributed by atoms with Crippen LogP contribution in [0.5, 0.6) is 0 Å². The van der Waals surface area contributed by atoms with E-state index in [9.17, 15) is 41.0 Å². The van der Waals surface area contributed by atoms with E-state index in [2.05, 4.69) is 4.99 Å². The van der Waals surface area contributed by atoms with Gasteiger partial charge in [-0.15, -0.1) is 0 Å². The number of carbonyl (C=O) groups excluding carboxylic acids is 1. The van der Waals surface area contributed by atoms with Crippen molar-refractivity contribution in [1.29, 1.82) is 0 Å². The second-order valence-electron chi connectivity index (χ2n) is 6.42. The number of nitrogens with zero attached hydrogens (tertiary/aromatic N) is 2. The number of hydrogen-bond donors (Lipinski definition) is 1. The lowest BCUT2D eigenvalue weighted by Crippen LogP contribution is -2.25. The summed E-state index contributed by atoms with van der Waals surface area (Å²) in [6, 6.07) is 5.10. The van der Waals surface area contributed by atoms with E-state index in [0.29, 0.717) is 17.4 Å². The van der Waals surface area contributed by atoms with Crippen molar-refractivity contribution in [2.75, 3.05) is 0 Å². The minimum absolute atomic E-state index is 0.120.